The molecule has 2 rings (SSSR count). The van der Waals surface area contributed by atoms with E-state index in [4.69, 9.17) is 9.15 Å². The predicted octanol–water partition coefficient (Wildman–Crippen LogP) is 4.20. The first-order chi connectivity index (χ1) is 9.11. The molecule has 0 aliphatic heterocycles. The zero-order chi connectivity index (χ0) is 14.4. The van der Waals surface area contributed by atoms with E-state index in [1.165, 1.54) is 5.56 Å². The van der Waals surface area contributed by atoms with Crippen LogP contribution in [0.3, 0.4) is 0 Å². The fourth-order valence-electron chi connectivity index (χ4n) is 1.73. The fourth-order valence-corrected chi connectivity index (χ4v) is 1.73. The largest absolute Gasteiger partial charge is 0.496 e. The molecule has 1 heterocycles. The molecule has 104 valence electrons. The molecule has 4 heteroatoms. The van der Waals surface area contributed by atoms with Gasteiger partial charge in [-0.25, -0.2) is 0 Å². The van der Waals surface area contributed by atoms with Gasteiger partial charge in [0.25, 0.3) is 0 Å². The van der Waals surface area contributed by atoms with Gasteiger partial charge < -0.3 is 9.15 Å². The number of nitrogens with zero attached hydrogens (tertiary/aromatic N) is 2. The summed E-state index contributed by atoms with van der Waals surface area (Å²) >= 11 is 0. The maximum absolute atomic E-state index is 5.39. The van der Waals surface area contributed by atoms with Crippen molar-refractivity contribution in [3.8, 4) is 17.2 Å². The van der Waals surface area contributed by atoms with Crippen LogP contribution in [0.1, 0.15) is 45.1 Å². The lowest BCUT2D eigenvalue weighted by atomic mass is 10.0. The molecule has 0 amide bonds. The highest BCUT2D eigenvalue weighted by atomic mass is 16.5. The molecular weight excluding hydrogens is 240 g/mol. The van der Waals surface area contributed by atoms with Gasteiger partial charge in [-0.2, -0.15) is 0 Å². The first-order valence-corrected chi connectivity index (χ1v) is 6.60. The number of ether oxygens (including phenoxy) is 1. The molecule has 0 saturated heterocycles. The summed E-state index contributed by atoms with van der Waals surface area (Å²) < 4.78 is 10.8. The molecule has 0 spiro atoms. The Labute approximate surface area is 114 Å². The van der Waals surface area contributed by atoms with E-state index in [1.807, 2.05) is 32.0 Å². The molecule has 0 N–H and O–H groups in total. The molecule has 0 unspecified atom stereocenters. The summed E-state index contributed by atoms with van der Waals surface area (Å²) in [6.45, 7) is 10.0. The molecule has 2 aromatic rings. The van der Waals surface area contributed by atoms with E-state index in [-0.39, 0.29) is 0 Å². The molecule has 0 saturated carbocycles. The van der Waals surface area contributed by atoms with Crippen LogP contribution in [0.15, 0.2) is 22.6 Å². The van der Waals surface area contributed by atoms with Gasteiger partial charge in [0, 0.05) is 12.5 Å². The van der Waals surface area contributed by atoms with Gasteiger partial charge in [-0.1, -0.05) is 33.8 Å². The number of aryl methyl sites for hydroxylation is 1. The van der Waals surface area contributed by atoms with E-state index in [0.717, 1.165) is 11.3 Å². The van der Waals surface area contributed by atoms with Crippen LogP contribution in [-0.4, -0.2) is 17.3 Å². The first-order valence-electron chi connectivity index (χ1n) is 6.60. The molecule has 0 aliphatic rings. The van der Waals surface area contributed by atoms with E-state index in [9.17, 15) is 0 Å². The molecule has 4 nitrogen and oxygen atoms in total. The van der Waals surface area contributed by atoms with Gasteiger partial charge in [-0.05, 0) is 23.6 Å². The number of methoxy groups -OCH3 is 1. The summed E-state index contributed by atoms with van der Waals surface area (Å²) in [5.41, 5.74) is 2.05. The second-order valence-corrected chi connectivity index (χ2v) is 4.24. The van der Waals surface area contributed by atoms with Gasteiger partial charge in [0.15, 0.2) is 0 Å². The van der Waals surface area contributed by atoms with Crippen molar-refractivity contribution in [3.63, 3.8) is 0 Å². The summed E-state index contributed by atoms with van der Waals surface area (Å²) in [5, 5.41) is 7.81. The minimum atomic E-state index is 0.420. The van der Waals surface area contributed by atoms with Crippen molar-refractivity contribution in [3.05, 3.63) is 29.7 Å². The molecule has 0 fully saturated rings. The van der Waals surface area contributed by atoms with Crippen molar-refractivity contribution in [1.82, 2.24) is 10.2 Å². The minimum absolute atomic E-state index is 0.420. The second kappa shape index (κ2) is 6.92. The van der Waals surface area contributed by atoms with E-state index < -0.39 is 0 Å². The first kappa shape index (κ1) is 15.2. The summed E-state index contributed by atoms with van der Waals surface area (Å²) in [4.78, 5) is 0. The molecule has 1 aromatic heterocycles. The molecule has 0 aliphatic carbocycles. The van der Waals surface area contributed by atoms with Gasteiger partial charge in [0.05, 0.1) is 7.11 Å². The van der Waals surface area contributed by atoms with Gasteiger partial charge in [-0.15, -0.1) is 10.2 Å². The lowest BCUT2D eigenvalue weighted by Gasteiger charge is -2.12. The Morgan fingerprint density at radius 2 is 1.84 bits per heavy atom. The Bertz CT molecular complexity index is 519. The van der Waals surface area contributed by atoms with Crippen LogP contribution in [-0.2, 0) is 0 Å². The summed E-state index contributed by atoms with van der Waals surface area (Å²) in [7, 11) is 1.67. The number of benzene rings is 1. The second-order valence-electron chi connectivity index (χ2n) is 4.24. The van der Waals surface area contributed by atoms with Gasteiger partial charge >= 0.3 is 0 Å². The summed E-state index contributed by atoms with van der Waals surface area (Å²) in [6.07, 6.45) is 0. The van der Waals surface area contributed by atoms with Gasteiger partial charge in [0.1, 0.15) is 5.75 Å². The van der Waals surface area contributed by atoms with Crippen LogP contribution in [0.5, 0.6) is 5.75 Å². The summed E-state index contributed by atoms with van der Waals surface area (Å²) in [6, 6.07) is 5.95. The van der Waals surface area contributed by atoms with Gasteiger partial charge in [-0.3, -0.25) is 0 Å². The number of aromatic nitrogens is 2. The lowest BCUT2D eigenvalue weighted by Crippen LogP contribution is -1.94. The van der Waals surface area contributed by atoms with E-state index in [0.29, 0.717) is 17.7 Å². The quantitative estimate of drug-likeness (QED) is 0.831. The highest BCUT2D eigenvalue weighted by Crippen LogP contribution is 2.30. The average Bonchev–Trinajstić information content (AvgIpc) is 2.87. The zero-order valence-corrected chi connectivity index (χ0v) is 12.5. The Morgan fingerprint density at radius 1 is 1.16 bits per heavy atom. The maximum atomic E-state index is 5.39. The van der Waals surface area contributed by atoms with E-state index in [2.05, 4.69) is 24.0 Å². The third-order valence-corrected chi connectivity index (χ3v) is 2.63. The smallest absolute Gasteiger partial charge is 0.247 e. The molecular formula is C15H22N2O2. The molecule has 1 aromatic carbocycles. The Morgan fingerprint density at radius 3 is 2.32 bits per heavy atom. The van der Waals surface area contributed by atoms with Gasteiger partial charge in [0.2, 0.25) is 11.8 Å². The molecule has 0 bridgehead atoms. The van der Waals surface area contributed by atoms with E-state index >= 15 is 0 Å². The molecule has 0 radical (unpaired) electrons. The SMILES string of the molecule is CC.COc1cc(-c2nnc(C)o2)ccc1C(C)C. The number of hydrogen-bond donors (Lipinski definition) is 0. The van der Waals surface area contributed by atoms with Crippen molar-refractivity contribution in [1.29, 1.82) is 0 Å². The predicted molar refractivity (Wildman–Crippen MR) is 76.5 cm³/mol. The topological polar surface area (TPSA) is 48.2 Å². The fraction of sp³-hybridized carbons (Fsp3) is 0.467. The van der Waals surface area contributed by atoms with Crippen LogP contribution in [0.4, 0.5) is 0 Å². The van der Waals surface area contributed by atoms with Crippen molar-refractivity contribution in [2.75, 3.05) is 7.11 Å². The molecule has 0 atom stereocenters. The van der Waals surface area contributed by atoms with Crippen LogP contribution in [0.25, 0.3) is 11.5 Å². The minimum Gasteiger partial charge on any atom is -0.496 e. The van der Waals surface area contributed by atoms with Crippen molar-refractivity contribution < 1.29 is 9.15 Å². The highest BCUT2D eigenvalue weighted by molar-refractivity contribution is 5.58. The monoisotopic (exact) mass is 262 g/mol. The molecule has 19 heavy (non-hydrogen) atoms. The third-order valence-electron chi connectivity index (χ3n) is 2.63. The van der Waals surface area contributed by atoms with Crippen molar-refractivity contribution in [2.45, 2.75) is 40.5 Å². The standard InChI is InChI=1S/C13H16N2O2.C2H6/c1-8(2)11-6-5-10(7-12(11)16-4)13-15-14-9(3)17-13;1-2/h5-8H,1-4H3;1-2H3. The van der Waals surface area contributed by atoms with Crippen molar-refractivity contribution >= 4 is 0 Å². The van der Waals surface area contributed by atoms with Crippen LogP contribution in [0, 0.1) is 6.92 Å². The van der Waals surface area contributed by atoms with E-state index in [1.54, 1.807) is 14.0 Å². The number of hydrogen-bond acceptors (Lipinski definition) is 4. The van der Waals surface area contributed by atoms with Crippen LogP contribution < -0.4 is 4.74 Å². The maximum Gasteiger partial charge on any atom is 0.247 e. The Hall–Kier alpha value is -1.84. The van der Waals surface area contributed by atoms with Crippen LogP contribution in [0.2, 0.25) is 0 Å². The lowest BCUT2D eigenvalue weighted by molar-refractivity contribution is 0.407. The Balaban J connectivity index is 0.000000861. The normalized spacial score (nSPS) is 10.1. The average molecular weight is 262 g/mol. The zero-order valence-electron chi connectivity index (χ0n) is 12.5. The van der Waals surface area contributed by atoms with Crippen LogP contribution >= 0.6 is 0 Å². The highest BCUT2D eigenvalue weighted by Gasteiger charge is 2.12. The summed E-state index contributed by atoms with van der Waals surface area (Å²) in [5.74, 6) is 2.36. The Kier molecular flexibility index (Phi) is 5.55. The number of rotatable bonds is 3. The third kappa shape index (κ3) is 3.56. The van der Waals surface area contributed by atoms with Crippen molar-refractivity contribution in [2.24, 2.45) is 0 Å².